The van der Waals surface area contributed by atoms with Crippen molar-refractivity contribution < 1.29 is 18.9 Å². The maximum Gasteiger partial charge on any atom is 0.231 e. The van der Waals surface area contributed by atoms with Crippen LogP contribution >= 0.6 is 0 Å². The summed E-state index contributed by atoms with van der Waals surface area (Å²) in [5.74, 6) is 2.03. The Bertz CT molecular complexity index is 1160. The summed E-state index contributed by atoms with van der Waals surface area (Å²) in [6.45, 7) is 0.132. The zero-order valence-electron chi connectivity index (χ0n) is 14.4. The molecule has 3 N–H and O–H groups in total. The molecule has 1 aromatic heterocycles. The maximum absolute atomic E-state index is 9.75. The first-order chi connectivity index (χ1) is 13.2. The third kappa shape index (κ3) is 2.13. The number of nitrogens with one attached hydrogen (secondary N) is 1. The topological polar surface area (TPSA) is 103 Å². The van der Waals surface area contributed by atoms with Gasteiger partial charge in [0, 0.05) is 22.7 Å². The molecule has 2 aromatic carbocycles. The van der Waals surface area contributed by atoms with Crippen molar-refractivity contribution in [2.75, 3.05) is 13.9 Å². The summed E-state index contributed by atoms with van der Waals surface area (Å²) in [5, 5.41) is 10.7. The van der Waals surface area contributed by atoms with E-state index in [2.05, 4.69) is 11.1 Å². The quantitative estimate of drug-likeness (QED) is 0.727. The van der Waals surface area contributed by atoms with Gasteiger partial charge in [-0.1, -0.05) is 6.07 Å². The number of nitrogens with zero attached hydrogens (tertiary/aromatic N) is 1. The number of methoxy groups -OCH3 is 1. The van der Waals surface area contributed by atoms with Crippen molar-refractivity contribution in [1.82, 2.24) is 4.98 Å². The first-order valence-electron chi connectivity index (χ1n) is 8.36. The largest absolute Gasteiger partial charge is 0.493 e. The van der Waals surface area contributed by atoms with Crippen LogP contribution in [0.3, 0.4) is 0 Å². The number of aromatic amines is 1. The van der Waals surface area contributed by atoms with Gasteiger partial charge in [-0.2, -0.15) is 5.26 Å². The van der Waals surface area contributed by atoms with E-state index in [1.807, 2.05) is 36.5 Å². The van der Waals surface area contributed by atoms with Gasteiger partial charge in [0.1, 0.15) is 17.4 Å². The van der Waals surface area contributed by atoms with Crippen molar-refractivity contribution >= 4 is 10.9 Å². The Morgan fingerprint density at radius 1 is 1.22 bits per heavy atom. The first kappa shape index (κ1) is 15.5. The number of hydrogen-bond donors (Lipinski definition) is 2. The van der Waals surface area contributed by atoms with Crippen molar-refractivity contribution in [2.24, 2.45) is 5.73 Å². The van der Waals surface area contributed by atoms with Crippen LogP contribution in [0.15, 0.2) is 48.0 Å². The first-order valence-corrected chi connectivity index (χ1v) is 8.36. The standard InChI is InChI=1S/C20H15N3O4/c1-24-15-6-10(7-16-19(15)26-9-25-16)17-12-2-3-14-11(4-5-23-14)18(12)27-20(22)13(17)8-21/h2-7,17,23H,9,22H2,1H3. The predicted octanol–water partition coefficient (Wildman–Crippen LogP) is 3.12. The van der Waals surface area contributed by atoms with Gasteiger partial charge in [-0.25, -0.2) is 0 Å². The molecule has 5 rings (SSSR count). The van der Waals surface area contributed by atoms with E-state index >= 15 is 0 Å². The number of allylic oxidation sites excluding steroid dienone is 1. The molecule has 7 heteroatoms. The van der Waals surface area contributed by atoms with Crippen molar-refractivity contribution in [3.05, 3.63) is 59.1 Å². The van der Waals surface area contributed by atoms with E-state index in [9.17, 15) is 5.26 Å². The van der Waals surface area contributed by atoms with Crippen LogP contribution in [0.25, 0.3) is 10.9 Å². The summed E-state index contributed by atoms with van der Waals surface area (Å²) in [6.07, 6.45) is 1.84. The summed E-state index contributed by atoms with van der Waals surface area (Å²) in [5.41, 5.74) is 9.06. The Hall–Kier alpha value is -3.79. The summed E-state index contributed by atoms with van der Waals surface area (Å²) >= 11 is 0. The average molecular weight is 361 g/mol. The van der Waals surface area contributed by atoms with Crippen LogP contribution in [-0.2, 0) is 0 Å². The molecule has 134 valence electrons. The van der Waals surface area contributed by atoms with Crippen LogP contribution in [0.2, 0.25) is 0 Å². The molecule has 3 aromatic rings. The van der Waals surface area contributed by atoms with Crippen LogP contribution < -0.4 is 24.7 Å². The number of aromatic nitrogens is 1. The SMILES string of the molecule is COc1cc(C2C(C#N)=C(N)Oc3c2ccc2[nH]ccc32)cc2c1OCO2. The van der Waals surface area contributed by atoms with Crippen LogP contribution in [0, 0.1) is 11.3 Å². The van der Waals surface area contributed by atoms with E-state index in [4.69, 9.17) is 24.7 Å². The van der Waals surface area contributed by atoms with E-state index in [0.29, 0.717) is 28.6 Å². The lowest BCUT2D eigenvalue weighted by Crippen LogP contribution is -2.21. The molecule has 27 heavy (non-hydrogen) atoms. The van der Waals surface area contributed by atoms with Crippen LogP contribution in [-0.4, -0.2) is 18.9 Å². The number of nitrogens with two attached hydrogens (primary N) is 1. The molecule has 0 saturated heterocycles. The van der Waals surface area contributed by atoms with Gasteiger partial charge in [-0.15, -0.1) is 0 Å². The van der Waals surface area contributed by atoms with Crippen LogP contribution in [0.4, 0.5) is 0 Å². The molecule has 0 fully saturated rings. The number of H-pyrrole nitrogens is 1. The Morgan fingerprint density at radius 2 is 2.11 bits per heavy atom. The van der Waals surface area contributed by atoms with E-state index < -0.39 is 5.92 Å². The van der Waals surface area contributed by atoms with Crippen molar-refractivity contribution in [2.45, 2.75) is 5.92 Å². The molecule has 2 aliphatic heterocycles. The number of hydrogen-bond acceptors (Lipinski definition) is 6. The number of nitriles is 1. The molecule has 1 atom stereocenters. The summed E-state index contributed by atoms with van der Waals surface area (Å²) in [7, 11) is 1.57. The fraction of sp³-hybridized carbons (Fsp3) is 0.150. The molecule has 0 spiro atoms. The number of benzene rings is 2. The molecule has 0 radical (unpaired) electrons. The van der Waals surface area contributed by atoms with E-state index in [1.165, 1.54) is 0 Å². The Labute approximate surface area is 154 Å². The van der Waals surface area contributed by atoms with Crippen molar-refractivity contribution in [3.63, 3.8) is 0 Å². The van der Waals surface area contributed by atoms with Gasteiger partial charge in [0.05, 0.1) is 13.0 Å². The Morgan fingerprint density at radius 3 is 2.93 bits per heavy atom. The fourth-order valence-electron chi connectivity index (χ4n) is 3.71. The average Bonchev–Trinajstić information content (AvgIpc) is 3.35. The molecule has 1 unspecified atom stereocenters. The number of rotatable bonds is 2. The number of fused-ring (bicyclic) bond motifs is 4. The Balaban J connectivity index is 1.77. The molecule has 0 bridgehead atoms. The van der Waals surface area contributed by atoms with Gasteiger partial charge < -0.3 is 29.7 Å². The maximum atomic E-state index is 9.75. The highest BCUT2D eigenvalue weighted by Crippen LogP contribution is 2.49. The van der Waals surface area contributed by atoms with E-state index in [-0.39, 0.29) is 12.7 Å². The lowest BCUT2D eigenvalue weighted by molar-refractivity contribution is 0.171. The molecule has 3 heterocycles. The molecule has 7 nitrogen and oxygen atoms in total. The summed E-state index contributed by atoms with van der Waals surface area (Å²) in [6, 6.07) is 11.7. The third-order valence-electron chi connectivity index (χ3n) is 4.93. The number of ether oxygens (including phenoxy) is 4. The van der Waals surface area contributed by atoms with E-state index in [1.54, 1.807) is 7.11 Å². The van der Waals surface area contributed by atoms with Gasteiger partial charge in [-0.05, 0) is 29.8 Å². The minimum Gasteiger partial charge on any atom is -0.493 e. The van der Waals surface area contributed by atoms with Crippen LogP contribution in [0.5, 0.6) is 23.0 Å². The molecular weight excluding hydrogens is 346 g/mol. The van der Waals surface area contributed by atoms with Gasteiger partial charge in [0.25, 0.3) is 0 Å². The second kappa shape index (κ2) is 5.61. The minimum atomic E-state index is -0.401. The molecule has 0 aliphatic carbocycles. The minimum absolute atomic E-state index is 0.0975. The monoisotopic (exact) mass is 361 g/mol. The highest BCUT2D eigenvalue weighted by atomic mass is 16.7. The lowest BCUT2D eigenvalue weighted by atomic mass is 9.82. The highest BCUT2D eigenvalue weighted by molar-refractivity contribution is 5.88. The third-order valence-corrected chi connectivity index (χ3v) is 4.93. The molecule has 0 saturated carbocycles. The van der Waals surface area contributed by atoms with Gasteiger partial charge in [-0.3, -0.25) is 0 Å². The Kier molecular flexibility index (Phi) is 3.21. The van der Waals surface area contributed by atoms with Crippen molar-refractivity contribution in [1.29, 1.82) is 5.26 Å². The van der Waals surface area contributed by atoms with E-state index in [0.717, 1.165) is 22.0 Å². The normalized spacial score (nSPS) is 17.4. The smallest absolute Gasteiger partial charge is 0.231 e. The molecule has 0 amide bonds. The summed E-state index contributed by atoms with van der Waals surface area (Å²) < 4.78 is 22.3. The van der Waals surface area contributed by atoms with Gasteiger partial charge >= 0.3 is 0 Å². The zero-order valence-corrected chi connectivity index (χ0v) is 14.4. The second-order valence-electron chi connectivity index (χ2n) is 6.30. The van der Waals surface area contributed by atoms with Gasteiger partial charge in [0.15, 0.2) is 11.5 Å². The summed E-state index contributed by atoms with van der Waals surface area (Å²) in [4.78, 5) is 3.16. The predicted molar refractivity (Wildman–Crippen MR) is 96.7 cm³/mol. The van der Waals surface area contributed by atoms with Crippen molar-refractivity contribution in [3.8, 4) is 29.1 Å². The highest BCUT2D eigenvalue weighted by Gasteiger charge is 2.34. The lowest BCUT2D eigenvalue weighted by Gasteiger charge is -2.27. The zero-order chi connectivity index (χ0) is 18.5. The second-order valence-corrected chi connectivity index (χ2v) is 6.30. The van der Waals surface area contributed by atoms with Gasteiger partial charge in [0.2, 0.25) is 18.4 Å². The van der Waals surface area contributed by atoms with Crippen LogP contribution in [0.1, 0.15) is 17.0 Å². The molecule has 2 aliphatic rings. The fourth-order valence-corrected chi connectivity index (χ4v) is 3.71. The molecular formula is C20H15N3O4.